The smallest absolute Gasteiger partial charge is 0.261 e. The van der Waals surface area contributed by atoms with Crippen LogP contribution in [-0.2, 0) is 12.8 Å². The number of fused-ring (bicyclic) bond motifs is 1. The van der Waals surface area contributed by atoms with Crippen molar-refractivity contribution in [2.75, 3.05) is 5.73 Å². The van der Waals surface area contributed by atoms with Gasteiger partial charge in [-0.25, -0.2) is 0 Å². The molecule has 5 nitrogen and oxygen atoms in total. The minimum atomic E-state index is 0.528. The van der Waals surface area contributed by atoms with Crippen molar-refractivity contribution >= 4 is 27.7 Å². The maximum Gasteiger partial charge on any atom is 0.261 e. The third-order valence-electron chi connectivity index (χ3n) is 3.24. The van der Waals surface area contributed by atoms with Crippen molar-refractivity contribution in [1.82, 2.24) is 15.1 Å². The molecule has 2 N–H and O–H groups in total. The molecule has 1 aliphatic carbocycles. The number of anilines is 1. The Balaban J connectivity index is 1.82. The molecule has 3 aromatic heterocycles. The van der Waals surface area contributed by atoms with Gasteiger partial charge in [0.2, 0.25) is 5.82 Å². The second-order valence-corrected chi connectivity index (χ2v) is 6.41. The molecule has 0 aromatic carbocycles. The fourth-order valence-electron chi connectivity index (χ4n) is 2.41. The van der Waals surface area contributed by atoms with E-state index in [1.54, 1.807) is 23.0 Å². The van der Waals surface area contributed by atoms with Gasteiger partial charge in [-0.1, -0.05) is 5.16 Å². The number of aromatic nitrogens is 3. The lowest BCUT2D eigenvalue weighted by atomic mass is 10.1. The zero-order valence-corrected chi connectivity index (χ0v) is 11.6. The van der Waals surface area contributed by atoms with Crippen molar-refractivity contribution in [1.29, 1.82) is 0 Å². The standard InChI is InChI=1S/C12H10N4OS2/c13-10-9(6-2-1-3-7(6)19-10)12-15-11(16-17-12)8-4-14-5-18-8/h4-5H,1-3,13H2. The third kappa shape index (κ3) is 1.69. The van der Waals surface area contributed by atoms with Crippen LogP contribution in [0.1, 0.15) is 16.9 Å². The molecule has 1 aliphatic rings. The number of nitrogen functional groups attached to an aromatic ring is 1. The van der Waals surface area contributed by atoms with Gasteiger partial charge in [-0.15, -0.1) is 22.7 Å². The van der Waals surface area contributed by atoms with Crippen LogP contribution in [-0.4, -0.2) is 15.1 Å². The van der Waals surface area contributed by atoms with Gasteiger partial charge in [-0.3, -0.25) is 4.98 Å². The molecular weight excluding hydrogens is 280 g/mol. The molecule has 0 saturated heterocycles. The van der Waals surface area contributed by atoms with Crippen LogP contribution in [0.15, 0.2) is 16.2 Å². The monoisotopic (exact) mass is 290 g/mol. The fourth-order valence-corrected chi connectivity index (χ4v) is 4.11. The third-order valence-corrected chi connectivity index (χ3v) is 5.13. The quantitative estimate of drug-likeness (QED) is 0.785. The number of hydrogen-bond acceptors (Lipinski definition) is 7. The molecule has 0 aliphatic heterocycles. The van der Waals surface area contributed by atoms with E-state index in [0.717, 1.165) is 28.3 Å². The predicted molar refractivity (Wildman–Crippen MR) is 75.2 cm³/mol. The van der Waals surface area contributed by atoms with E-state index in [2.05, 4.69) is 15.1 Å². The van der Waals surface area contributed by atoms with Crippen LogP contribution in [0.2, 0.25) is 0 Å². The molecule has 3 heterocycles. The Morgan fingerprint density at radius 3 is 3.11 bits per heavy atom. The first-order valence-electron chi connectivity index (χ1n) is 5.96. The van der Waals surface area contributed by atoms with Crippen LogP contribution < -0.4 is 5.73 Å². The summed E-state index contributed by atoms with van der Waals surface area (Å²) < 4.78 is 5.38. The fraction of sp³-hybridized carbons (Fsp3) is 0.250. The highest BCUT2D eigenvalue weighted by atomic mass is 32.1. The average molecular weight is 290 g/mol. The van der Waals surface area contributed by atoms with E-state index in [1.807, 2.05) is 0 Å². The Labute approximate surface area is 117 Å². The number of thiophene rings is 1. The molecule has 96 valence electrons. The average Bonchev–Trinajstić information content (AvgIpc) is 3.11. The maximum atomic E-state index is 6.09. The molecule has 0 saturated carbocycles. The number of rotatable bonds is 2. The lowest BCUT2D eigenvalue weighted by Gasteiger charge is -1.96. The van der Waals surface area contributed by atoms with Crippen LogP contribution >= 0.6 is 22.7 Å². The zero-order valence-electron chi connectivity index (χ0n) is 9.92. The predicted octanol–water partition coefficient (Wildman–Crippen LogP) is 2.99. The largest absolute Gasteiger partial charge is 0.390 e. The van der Waals surface area contributed by atoms with Crippen molar-refractivity contribution in [2.24, 2.45) is 0 Å². The van der Waals surface area contributed by atoms with Crippen molar-refractivity contribution in [3.63, 3.8) is 0 Å². The first-order chi connectivity index (χ1) is 9.33. The van der Waals surface area contributed by atoms with Crippen LogP contribution in [0.4, 0.5) is 5.00 Å². The van der Waals surface area contributed by atoms with Gasteiger partial charge < -0.3 is 10.3 Å². The van der Waals surface area contributed by atoms with Gasteiger partial charge in [0.1, 0.15) is 0 Å². The van der Waals surface area contributed by atoms with Gasteiger partial charge in [0, 0.05) is 11.1 Å². The minimum Gasteiger partial charge on any atom is -0.390 e. The van der Waals surface area contributed by atoms with E-state index in [9.17, 15) is 0 Å². The Hall–Kier alpha value is -1.73. The molecule has 0 fully saturated rings. The summed E-state index contributed by atoms with van der Waals surface area (Å²) in [5.74, 6) is 1.11. The van der Waals surface area contributed by atoms with Gasteiger partial charge in [-0.05, 0) is 24.8 Å². The van der Waals surface area contributed by atoms with Crippen molar-refractivity contribution in [2.45, 2.75) is 19.3 Å². The first kappa shape index (κ1) is 11.1. The van der Waals surface area contributed by atoms with E-state index in [0.29, 0.717) is 11.7 Å². The molecule has 0 unspecified atom stereocenters. The summed E-state index contributed by atoms with van der Waals surface area (Å²) in [4.78, 5) is 10.7. The molecule has 7 heteroatoms. The SMILES string of the molecule is Nc1sc2c(c1-c1nc(-c3cncs3)no1)CCC2. The van der Waals surface area contributed by atoms with E-state index < -0.39 is 0 Å². The number of aryl methyl sites for hydroxylation is 1. The highest BCUT2D eigenvalue weighted by molar-refractivity contribution is 7.16. The van der Waals surface area contributed by atoms with Crippen molar-refractivity contribution in [3.8, 4) is 22.2 Å². The summed E-state index contributed by atoms with van der Waals surface area (Å²) in [6.07, 6.45) is 5.08. The van der Waals surface area contributed by atoms with Crippen LogP contribution in [0, 0.1) is 0 Å². The summed E-state index contributed by atoms with van der Waals surface area (Å²) >= 11 is 3.14. The Morgan fingerprint density at radius 2 is 2.26 bits per heavy atom. The summed E-state index contributed by atoms with van der Waals surface area (Å²) in [5, 5.41) is 4.80. The number of nitrogens with two attached hydrogens (primary N) is 1. The normalized spacial score (nSPS) is 13.9. The van der Waals surface area contributed by atoms with Crippen LogP contribution in [0.3, 0.4) is 0 Å². The molecular formula is C12H10N4OS2. The molecule has 0 radical (unpaired) electrons. The molecule has 0 spiro atoms. The van der Waals surface area contributed by atoms with Crippen LogP contribution in [0.25, 0.3) is 22.2 Å². The second kappa shape index (κ2) is 4.14. The van der Waals surface area contributed by atoms with Gasteiger partial charge >= 0.3 is 0 Å². The van der Waals surface area contributed by atoms with Crippen molar-refractivity contribution < 1.29 is 4.52 Å². The molecule has 0 atom stereocenters. The molecule has 0 bridgehead atoms. The maximum absolute atomic E-state index is 6.09. The minimum absolute atomic E-state index is 0.528. The Bertz CT molecular complexity index is 729. The van der Waals surface area contributed by atoms with Crippen molar-refractivity contribution in [3.05, 3.63) is 22.1 Å². The van der Waals surface area contributed by atoms with Crippen LogP contribution in [0.5, 0.6) is 0 Å². The molecule has 0 amide bonds. The van der Waals surface area contributed by atoms with Gasteiger partial charge in [-0.2, -0.15) is 4.98 Å². The number of thiazole rings is 1. The number of nitrogens with zero attached hydrogens (tertiary/aromatic N) is 3. The lowest BCUT2D eigenvalue weighted by molar-refractivity contribution is 0.432. The van der Waals surface area contributed by atoms with E-state index >= 15 is 0 Å². The summed E-state index contributed by atoms with van der Waals surface area (Å²) in [7, 11) is 0. The van der Waals surface area contributed by atoms with E-state index in [-0.39, 0.29) is 0 Å². The highest BCUT2D eigenvalue weighted by Crippen LogP contribution is 2.43. The van der Waals surface area contributed by atoms with Gasteiger partial charge in [0.25, 0.3) is 5.89 Å². The molecule has 19 heavy (non-hydrogen) atoms. The molecule has 4 rings (SSSR count). The summed E-state index contributed by atoms with van der Waals surface area (Å²) in [6, 6.07) is 0. The van der Waals surface area contributed by atoms with Gasteiger partial charge in [0.15, 0.2) is 0 Å². The highest BCUT2D eigenvalue weighted by Gasteiger charge is 2.25. The first-order valence-corrected chi connectivity index (χ1v) is 7.65. The lowest BCUT2D eigenvalue weighted by Crippen LogP contribution is -1.88. The topological polar surface area (TPSA) is 77.8 Å². The second-order valence-electron chi connectivity index (χ2n) is 4.39. The van der Waals surface area contributed by atoms with Gasteiger partial charge in [0.05, 0.1) is 21.0 Å². The van der Waals surface area contributed by atoms with E-state index in [1.165, 1.54) is 28.2 Å². The number of hydrogen-bond donors (Lipinski definition) is 1. The molecule has 3 aromatic rings. The Morgan fingerprint density at radius 1 is 1.32 bits per heavy atom. The summed E-state index contributed by atoms with van der Waals surface area (Å²) in [5.41, 5.74) is 10.1. The zero-order chi connectivity index (χ0) is 12.8. The van der Waals surface area contributed by atoms with E-state index in [4.69, 9.17) is 10.3 Å². The Kier molecular flexibility index (Phi) is 2.42. The summed E-state index contributed by atoms with van der Waals surface area (Å²) in [6.45, 7) is 0.